The second-order valence-electron chi connectivity index (χ2n) is 3.03. The van der Waals surface area contributed by atoms with Crippen LogP contribution in [0.3, 0.4) is 0 Å². The van der Waals surface area contributed by atoms with Crippen molar-refractivity contribution in [3.05, 3.63) is 35.3 Å². The molecule has 1 aliphatic rings. The second kappa shape index (κ2) is 4.65. The van der Waals surface area contributed by atoms with E-state index in [2.05, 4.69) is 0 Å². The lowest BCUT2D eigenvalue weighted by Gasteiger charge is -2.23. The fourth-order valence-electron chi connectivity index (χ4n) is 1.33. The van der Waals surface area contributed by atoms with Gasteiger partial charge in [0.25, 0.3) is 0 Å². The molecule has 1 rings (SSSR count). The van der Waals surface area contributed by atoms with E-state index >= 15 is 0 Å². The Hall–Kier alpha value is -1.75. The molecular weight excluding hydrogens is 194 g/mol. The number of ether oxygens (including phenoxy) is 1. The molecular formula is C10H15N3O2. The third kappa shape index (κ3) is 2.19. The minimum Gasteiger partial charge on any atom is -0.462 e. The molecule has 0 saturated heterocycles. The first-order valence-electron chi connectivity index (χ1n) is 4.64. The molecule has 82 valence electrons. The number of hydrazine groups is 1. The minimum atomic E-state index is -0.362. The highest BCUT2D eigenvalue weighted by Gasteiger charge is 2.19. The summed E-state index contributed by atoms with van der Waals surface area (Å²) >= 11 is 0. The molecule has 15 heavy (non-hydrogen) atoms. The minimum absolute atomic E-state index is 0.345. The topological polar surface area (TPSA) is 81.6 Å². The van der Waals surface area contributed by atoms with Crippen LogP contribution in [-0.2, 0) is 9.53 Å². The van der Waals surface area contributed by atoms with Gasteiger partial charge >= 0.3 is 5.97 Å². The van der Waals surface area contributed by atoms with Gasteiger partial charge in [0.2, 0.25) is 0 Å². The van der Waals surface area contributed by atoms with Crippen LogP contribution in [-0.4, -0.2) is 17.6 Å². The van der Waals surface area contributed by atoms with Gasteiger partial charge in [-0.15, -0.1) is 0 Å². The fourth-order valence-corrected chi connectivity index (χ4v) is 1.33. The van der Waals surface area contributed by atoms with Crippen molar-refractivity contribution >= 4 is 5.97 Å². The van der Waals surface area contributed by atoms with Crippen LogP contribution in [0.1, 0.15) is 13.8 Å². The van der Waals surface area contributed by atoms with E-state index in [1.165, 1.54) is 11.2 Å². The van der Waals surface area contributed by atoms with Gasteiger partial charge in [0, 0.05) is 12.4 Å². The number of carbonyl (C=O) groups excluding carboxylic acids is 1. The zero-order chi connectivity index (χ0) is 11.4. The highest BCUT2D eigenvalue weighted by molar-refractivity contribution is 5.93. The van der Waals surface area contributed by atoms with Crippen LogP contribution in [0, 0.1) is 0 Å². The van der Waals surface area contributed by atoms with Crippen molar-refractivity contribution in [3.8, 4) is 0 Å². The lowest BCUT2D eigenvalue weighted by Crippen LogP contribution is -2.29. The highest BCUT2D eigenvalue weighted by atomic mass is 16.5. The summed E-state index contributed by atoms with van der Waals surface area (Å²) in [5, 5.41) is 1.36. The van der Waals surface area contributed by atoms with Crippen LogP contribution in [0.5, 0.6) is 0 Å². The molecule has 0 aromatic heterocycles. The van der Waals surface area contributed by atoms with Crippen molar-refractivity contribution in [3.63, 3.8) is 0 Å². The Morgan fingerprint density at radius 1 is 1.67 bits per heavy atom. The van der Waals surface area contributed by atoms with Crippen molar-refractivity contribution in [1.82, 2.24) is 5.01 Å². The van der Waals surface area contributed by atoms with E-state index in [0.717, 1.165) is 0 Å². The first-order valence-corrected chi connectivity index (χ1v) is 4.64. The van der Waals surface area contributed by atoms with Gasteiger partial charge in [-0.1, -0.05) is 0 Å². The molecule has 0 bridgehead atoms. The van der Waals surface area contributed by atoms with Gasteiger partial charge in [-0.2, -0.15) is 0 Å². The molecule has 1 heterocycles. The van der Waals surface area contributed by atoms with Crippen LogP contribution >= 0.6 is 0 Å². The Morgan fingerprint density at radius 2 is 2.33 bits per heavy atom. The predicted octanol–water partition coefficient (Wildman–Crippen LogP) is 0.369. The van der Waals surface area contributed by atoms with Crippen LogP contribution in [0.25, 0.3) is 0 Å². The monoisotopic (exact) mass is 209 g/mol. The van der Waals surface area contributed by atoms with Gasteiger partial charge < -0.3 is 10.5 Å². The van der Waals surface area contributed by atoms with Crippen molar-refractivity contribution < 1.29 is 9.53 Å². The normalized spacial score (nSPS) is 18.6. The van der Waals surface area contributed by atoms with Gasteiger partial charge in [-0.25, -0.2) is 10.6 Å². The molecule has 5 heteroatoms. The van der Waals surface area contributed by atoms with Gasteiger partial charge in [-0.05, 0) is 25.5 Å². The summed E-state index contributed by atoms with van der Waals surface area (Å²) in [5.74, 6) is 5.27. The van der Waals surface area contributed by atoms with Crippen LogP contribution in [0.15, 0.2) is 35.3 Å². The number of nitrogens with zero attached hydrogens (tertiary/aromatic N) is 1. The third-order valence-corrected chi connectivity index (χ3v) is 2.12. The molecule has 0 fully saturated rings. The summed E-state index contributed by atoms with van der Waals surface area (Å²) in [6.45, 7) is 3.88. The molecule has 0 aromatic carbocycles. The number of hydrogen-bond donors (Lipinski definition) is 2. The average Bonchev–Trinajstić information content (AvgIpc) is 2.18. The van der Waals surface area contributed by atoms with Crippen LogP contribution in [0.4, 0.5) is 0 Å². The van der Waals surface area contributed by atoms with E-state index in [-0.39, 0.29) is 5.97 Å². The Balaban J connectivity index is 3.03. The summed E-state index contributed by atoms with van der Waals surface area (Å²) in [6.07, 6.45) is 4.54. The van der Waals surface area contributed by atoms with E-state index in [1.54, 1.807) is 26.1 Å². The van der Waals surface area contributed by atoms with Crippen molar-refractivity contribution in [2.75, 3.05) is 6.61 Å². The van der Waals surface area contributed by atoms with Crippen molar-refractivity contribution in [2.45, 2.75) is 13.8 Å². The maximum absolute atomic E-state index is 11.5. The van der Waals surface area contributed by atoms with Crippen molar-refractivity contribution in [2.24, 2.45) is 11.6 Å². The average molecular weight is 209 g/mol. The first kappa shape index (κ1) is 11.3. The Kier molecular flexibility index (Phi) is 3.51. The molecule has 1 aliphatic heterocycles. The van der Waals surface area contributed by atoms with Gasteiger partial charge in [-0.3, -0.25) is 5.01 Å². The zero-order valence-electron chi connectivity index (χ0n) is 8.86. The van der Waals surface area contributed by atoms with Gasteiger partial charge in [0.1, 0.15) is 0 Å². The number of allylic oxidation sites excluding steroid dienone is 1. The van der Waals surface area contributed by atoms with E-state index < -0.39 is 0 Å². The molecule has 0 radical (unpaired) electrons. The molecule has 0 amide bonds. The van der Waals surface area contributed by atoms with E-state index in [1.807, 2.05) is 0 Å². The second-order valence-corrected chi connectivity index (χ2v) is 3.03. The summed E-state index contributed by atoms with van der Waals surface area (Å²) in [4.78, 5) is 11.5. The Labute approximate surface area is 88.6 Å². The quantitative estimate of drug-likeness (QED) is 0.507. The molecule has 0 aliphatic carbocycles. The largest absolute Gasteiger partial charge is 0.462 e. The predicted molar refractivity (Wildman–Crippen MR) is 56.8 cm³/mol. The summed E-state index contributed by atoms with van der Waals surface area (Å²) in [6, 6.07) is 0. The van der Waals surface area contributed by atoms with Crippen LogP contribution in [0.2, 0.25) is 0 Å². The number of carbonyl (C=O) groups is 1. The lowest BCUT2D eigenvalue weighted by molar-refractivity contribution is -0.138. The third-order valence-electron chi connectivity index (χ3n) is 2.12. The van der Waals surface area contributed by atoms with Crippen molar-refractivity contribution in [1.29, 1.82) is 0 Å². The summed E-state index contributed by atoms with van der Waals surface area (Å²) in [5.41, 5.74) is 7.21. The summed E-state index contributed by atoms with van der Waals surface area (Å²) in [7, 11) is 0. The molecule has 0 atom stereocenters. The number of rotatable bonds is 2. The van der Waals surface area contributed by atoms with Crippen LogP contribution < -0.4 is 11.6 Å². The number of hydrogen-bond acceptors (Lipinski definition) is 5. The lowest BCUT2D eigenvalue weighted by atomic mass is 10.0. The van der Waals surface area contributed by atoms with Gasteiger partial charge in [0.15, 0.2) is 0 Å². The highest BCUT2D eigenvalue weighted by Crippen LogP contribution is 2.22. The number of nitrogens with two attached hydrogens (primary N) is 2. The van der Waals surface area contributed by atoms with E-state index in [9.17, 15) is 4.79 Å². The SMILES string of the molecule is CCOC(=O)C1=C(C)/C(=C/N)N(N)C=C1. The molecule has 0 saturated carbocycles. The molecule has 4 N–H and O–H groups in total. The first-order chi connectivity index (χ1) is 7.11. The van der Waals surface area contributed by atoms with Gasteiger partial charge in [0.05, 0.1) is 17.9 Å². The fraction of sp³-hybridized carbons (Fsp3) is 0.300. The molecule has 0 spiro atoms. The zero-order valence-corrected chi connectivity index (χ0v) is 8.86. The standard InChI is InChI=1S/C10H15N3O2/c1-3-15-10(14)8-4-5-13(12)9(6-11)7(8)2/h4-6H,3,11-12H2,1-2H3/b9-6-. The molecule has 0 aromatic rings. The van der Waals surface area contributed by atoms with E-state index in [0.29, 0.717) is 23.5 Å². The Morgan fingerprint density at radius 3 is 2.87 bits per heavy atom. The Bertz CT molecular complexity index is 356. The molecule has 0 unspecified atom stereocenters. The maximum atomic E-state index is 11.5. The molecule has 5 nitrogen and oxygen atoms in total. The number of esters is 1. The van der Waals surface area contributed by atoms with E-state index in [4.69, 9.17) is 16.3 Å². The summed E-state index contributed by atoms with van der Waals surface area (Å²) < 4.78 is 4.90. The smallest absolute Gasteiger partial charge is 0.338 e. The maximum Gasteiger partial charge on any atom is 0.338 e.